The summed E-state index contributed by atoms with van der Waals surface area (Å²) in [6.45, 7) is 8.56. The molecular formula is C12H16N2S. The summed E-state index contributed by atoms with van der Waals surface area (Å²) < 4.78 is 1.26. The highest BCUT2D eigenvalue weighted by Gasteiger charge is 2.11. The Morgan fingerprint density at radius 3 is 2.67 bits per heavy atom. The number of thiophene rings is 1. The highest BCUT2D eigenvalue weighted by atomic mass is 32.1. The first-order valence-corrected chi connectivity index (χ1v) is 6.26. The zero-order valence-electron chi connectivity index (χ0n) is 9.66. The maximum Gasteiger partial charge on any atom is 0.131 e. The third-order valence-electron chi connectivity index (χ3n) is 2.53. The Kier molecular flexibility index (Phi) is 2.74. The molecule has 15 heavy (non-hydrogen) atoms. The molecule has 2 aromatic heterocycles. The second-order valence-corrected chi connectivity index (χ2v) is 5.01. The Morgan fingerprint density at radius 1 is 1.33 bits per heavy atom. The quantitative estimate of drug-likeness (QED) is 0.771. The Hall–Kier alpha value is -0.960. The minimum absolute atomic E-state index is 0.402. The molecule has 0 atom stereocenters. The Bertz CT molecular complexity index is 486. The molecule has 0 aliphatic rings. The van der Waals surface area contributed by atoms with E-state index in [4.69, 9.17) is 0 Å². The molecule has 2 rings (SSSR count). The number of fused-ring (bicyclic) bond motifs is 1. The van der Waals surface area contributed by atoms with Crippen molar-refractivity contribution in [3.63, 3.8) is 0 Å². The van der Waals surface area contributed by atoms with E-state index in [0.29, 0.717) is 5.92 Å². The molecule has 0 aromatic carbocycles. The van der Waals surface area contributed by atoms with Crippen LogP contribution in [0.5, 0.6) is 0 Å². The van der Waals surface area contributed by atoms with Crippen LogP contribution in [0.25, 0.3) is 10.2 Å². The van der Waals surface area contributed by atoms with Gasteiger partial charge in [0.25, 0.3) is 0 Å². The normalized spacial score (nSPS) is 11.5. The zero-order valence-corrected chi connectivity index (χ0v) is 10.5. The van der Waals surface area contributed by atoms with Crippen LogP contribution in [0.15, 0.2) is 5.38 Å². The average molecular weight is 220 g/mol. The molecule has 0 unspecified atom stereocenters. The number of nitrogens with zero attached hydrogens (tertiary/aromatic N) is 2. The molecule has 0 N–H and O–H groups in total. The molecule has 2 nitrogen and oxygen atoms in total. The lowest BCUT2D eigenvalue weighted by Gasteiger charge is -2.06. The van der Waals surface area contributed by atoms with Crippen LogP contribution in [-0.2, 0) is 6.42 Å². The molecule has 2 aromatic rings. The zero-order chi connectivity index (χ0) is 11.0. The van der Waals surface area contributed by atoms with E-state index >= 15 is 0 Å². The summed E-state index contributed by atoms with van der Waals surface area (Å²) in [6, 6.07) is 0. The van der Waals surface area contributed by atoms with Crippen molar-refractivity contribution in [1.82, 2.24) is 9.97 Å². The molecule has 0 amide bonds. The van der Waals surface area contributed by atoms with Crippen molar-refractivity contribution in [3.8, 4) is 0 Å². The van der Waals surface area contributed by atoms with Gasteiger partial charge in [-0.05, 0) is 24.3 Å². The SMILES string of the molecule is CCc1nc(C(C)C)nc2c(C)csc12. The molecule has 0 saturated heterocycles. The van der Waals surface area contributed by atoms with Gasteiger partial charge in [0.1, 0.15) is 5.82 Å². The molecule has 0 aliphatic carbocycles. The number of hydrogen-bond acceptors (Lipinski definition) is 3. The summed E-state index contributed by atoms with van der Waals surface area (Å²) in [5.74, 6) is 1.37. The average Bonchev–Trinajstić information content (AvgIpc) is 2.59. The van der Waals surface area contributed by atoms with Crippen molar-refractivity contribution in [2.75, 3.05) is 0 Å². The van der Waals surface area contributed by atoms with Crippen LogP contribution in [0.2, 0.25) is 0 Å². The minimum atomic E-state index is 0.402. The largest absolute Gasteiger partial charge is 0.236 e. The van der Waals surface area contributed by atoms with E-state index < -0.39 is 0 Å². The lowest BCUT2D eigenvalue weighted by atomic mass is 10.2. The summed E-state index contributed by atoms with van der Waals surface area (Å²) in [5.41, 5.74) is 3.62. The Morgan fingerprint density at radius 2 is 2.07 bits per heavy atom. The highest BCUT2D eigenvalue weighted by molar-refractivity contribution is 7.17. The molecule has 0 fully saturated rings. The first kappa shape index (κ1) is 10.6. The van der Waals surface area contributed by atoms with Gasteiger partial charge >= 0.3 is 0 Å². The first-order valence-electron chi connectivity index (χ1n) is 5.38. The topological polar surface area (TPSA) is 25.8 Å². The Balaban J connectivity index is 2.74. The van der Waals surface area contributed by atoms with Crippen molar-refractivity contribution in [2.45, 2.75) is 40.0 Å². The van der Waals surface area contributed by atoms with Gasteiger partial charge in [-0.25, -0.2) is 9.97 Å². The molecule has 2 heterocycles. The molecule has 80 valence electrons. The molecule has 0 spiro atoms. The fourth-order valence-corrected chi connectivity index (χ4v) is 2.66. The number of aromatic nitrogens is 2. The second kappa shape index (κ2) is 3.89. The van der Waals surface area contributed by atoms with Gasteiger partial charge < -0.3 is 0 Å². The van der Waals surface area contributed by atoms with Gasteiger partial charge in [-0.15, -0.1) is 11.3 Å². The smallest absolute Gasteiger partial charge is 0.131 e. The first-order chi connectivity index (χ1) is 7.13. The van der Waals surface area contributed by atoms with Crippen LogP contribution in [0.4, 0.5) is 0 Å². The lowest BCUT2D eigenvalue weighted by Crippen LogP contribution is -2.01. The molecule has 0 bridgehead atoms. The van der Waals surface area contributed by atoms with E-state index in [-0.39, 0.29) is 0 Å². The summed E-state index contributed by atoms with van der Waals surface area (Å²) in [4.78, 5) is 9.27. The molecule has 0 aliphatic heterocycles. The maximum absolute atomic E-state index is 4.64. The van der Waals surface area contributed by atoms with E-state index in [0.717, 1.165) is 17.8 Å². The van der Waals surface area contributed by atoms with Gasteiger partial charge in [-0.3, -0.25) is 0 Å². The van der Waals surface area contributed by atoms with Crippen LogP contribution >= 0.6 is 11.3 Å². The highest BCUT2D eigenvalue weighted by Crippen LogP contribution is 2.27. The van der Waals surface area contributed by atoms with E-state index in [1.165, 1.54) is 16.0 Å². The van der Waals surface area contributed by atoms with Crippen molar-refractivity contribution in [2.24, 2.45) is 0 Å². The van der Waals surface area contributed by atoms with Crippen LogP contribution in [0, 0.1) is 6.92 Å². The molecular weight excluding hydrogens is 204 g/mol. The van der Waals surface area contributed by atoms with Crippen LogP contribution in [0.1, 0.15) is 43.8 Å². The number of aryl methyl sites for hydroxylation is 2. The van der Waals surface area contributed by atoms with Crippen molar-refractivity contribution in [1.29, 1.82) is 0 Å². The van der Waals surface area contributed by atoms with Gasteiger partial charge in [-0.1, -0.05) is 20.8 Å². The lowest BCUT2D eigenvalue weighted by molar-refractivity contribution is 0.770. The number of rotatable bonds is 2. The van der Waals surface area contributed by atoms with Crippen LogP contribution in [-0.4, -0.2) is 9.97 Å². The van der Waals surface area contributed by atoms with E-state index in [9.17, 15) is 0 Å². The maximum atomic E-state index is 4.64. The third kappa shape index (κ3) is 1.76. The van der Waals surface area contributed by atoms with Crippen molar-refractivity contribution < 1.29 is 0 Å². The molecule has 3 heteroatoms. The van der Waals surface area contributed by atoms with Gasteiger partial charge in [0.2, 0.25) is 0 Å². The molecule has 0 saturated carbocycles. The van der Waals surface area contributed by atoms with Crippen LogP contribution in [0.3, 0.4) is 0 Å². The van der Waals surface area contributed by atoms with E-state index in [1.54, 1.807) is 11.3 Å². The monoisotopic (exact) mass is 220 g/mol. The summed E-state index contributed by atoms with van der Waals surface area (Å²) in [7, 11) is 0. The molecule has 0 radical (unpaired) electrons. The fourth-order valence-electron chi connectivity index (χ4n) is 1.61. The van der Waals surface area contributed by atoms with Gasteiger partial charge in [0, 0.05) is 5.92 Å². The Labute approximate surface area is 94.4 Å². The van der Waals surface area contributed by atoms with Crippen molar-refractivity contribution >= 4 is 21.6 Å². The van der Waals surface area contributed by atoms with E-state index in [2.05, 4.69) is 43.0 Å². The summed E-state index contributed by atoms with van der Waals surface area (Å²) in [5, 5.41) is 2.17. The predicted molar refractivity (Wildman–Crippen MR) is 65.6 cm³/mol. The van der Waals surface area contributed by atoms with Gasteiger partial charge in [0.15, 0.2) is 0 Å². The van der Waals surface area contributed by atoms with Crippen LogP contribution < -0.4 is 0 Å². The standard InChI is InChI=1S/C12H16N2S/c1-5-9-11-10(8(4)6-15-11)14-12(13-9)7(2)3/h6-7H,5H2,1-4H3. The second-order valence-electron chi connectivity index (χ2n) is 4.13. The summed E-state index contributed by atoms with van der Waals surface area (Å²) in [6.07, 6.45) is 0.985. The minimum Gasteiger partial charge on any atom is -0.236 e. The number of hydrogen-bond donors (Lipinski definition) is 0. The fraction of sp³-hybridized carbons (Fsp3) is 0.500. The van der Waals surface area contributed by atoms with Crippen molar-refractivity contribution in [3.05, 3.63) is 22.5 Å². The van der Waals surface area contributed by atoms with Gasteiger partial charge in [0.05, 0.1) is 15.9 Å². The predicted octanol–water partition coefficient (Wildman–Crippen LogP) is 3.69. The third-order valence-corrected chi connectivity index (χ3v) is 3.67. The van der Waals surface area contributed by atoms with Gasteiger partial charge in [-0.2, -0.15) is 0 Å². The summed E-state index contributed by atoms with van der Waals surface area (Å²) >= 11 is 1.76. The van der Waals surface area contributed by atoms with E-state index in [1.807, 2.05) is 0 Å².